The summed E-state index contributed by atoms with van der Waals surface area (Å²) in [6.07, 6.45) is 8.91. The van der Waals surface area contributed by atoms with Crippen molar-refractivity contribution in [2.24, 2.45) is 7.05 Å². The van der Waals surface area contributed by atoms with E-state index in [0.717, 1.165) is 12.1 Å². The van der Waals surface area contributed by atoms with Gasteiger partial charge in [-0.15, -0.1) is 0 Å². The van der Waals surface area contributed by atoms with Gasteiger partial charge < -0.3 is 9.80 Å². The minimum absolute atomic E-state index is 0.0461. The van der Waals surface area contributed by atoms with Crippen LogP contribution in [0.5, 0.6) is 0 Å². The van der Waals surface area contributed by atoms with Gasteiger partial charge in [0.2, 0.25) is 5.91 Å². The number of carbonyl (C=O) groups excluding carboxylic acids is 2. The number of likely N-dealkylation sites (N-methyl/N-ethyl adjacent to an activating group) is 1. The van der Waals surface area contributed by atoms with E-state index in [9.17, 15) is 9.59 Å². The van der Waals surface area contributed by atoms with Gasteiger partial charge in [0.25, 0.3) is 5.91 Å². The fourth-order valence-corrected chi connectivity index (χ4v) is 3.78. The molecule has 0 saturated carbocycles. The van der Waals surface area contributed by atoms with Crippen molar-refractivity contribution in [1.82, 2.24) is 29.5 Å². The van der Waals surface area contributed by atoms with Crippen molar-refractivity contribution in [2.75, 3.05) is 38.1 Å². The quantitative estimate of drug-likeness (QED) is 0.740. The summed E-state index contributed by atoms with van der Waals surface area (Å²) < 4.78 is 1.69. The number of aromatic nitrogens is 4. The third-order valence-electron chi connectivity index (χ3n) is 5.34. The molecule has 2 aromatic heterocycles. The van der Waals surface area contributed by atoms with Crippen LogP contribution in [0.3, 0.4) is 0 Å². The van der Waals surface area contributed by atoms with Gasteiger partial charge in [-0.2, -0.15) is 5.10 Å². The van der Waals surface area contributed by atoms with Crippen molar-refractivity contribution in [3.63, 3.8) is 0 Å². The molecule has 1 spiro atoms. The Morgan fingerprint density at radius 1 is 1.19 bits per heavy atom. The van der Waals surface area contributed by atoms with E-state index in [2.05, 4.69) is 20.0 Å². The maximum absolute atomic E-state index is 12.7. The number of hydrogen-bond donors (Lipinski definition) is 0. The van der Waals surface area contributed by atoms with Crippen molar-refractivity contribution < 1.29 is 9.59 Å². The van der Waals surface area contributed by atoms with Crippen LogP contribution in [0.1, 0.15) is 16.9 Å². The summed E-state index contributed by atoms with van der Waals surface area (Å²) in [6.45, 7) is 2.05. The van der Waals surface area contributed by atoms with Gasteiger partial charge in [0.1, 0.15) is 5.69 Å². The van der Waals surface area contributed by atoms with Crippen LogP contribution in [0.15, 0.2) is 31.0 Å². The Morgan fingerprint density at radius 3 is 2.73 bits per heavy atom. The molecule has 0 radical (unpaired) electrons. The number of likely N-dealkylation sites (tertiary alicyclic amines) is 1. The summed E-state index contributed by atoms with van der Waals surface area (Å²) in [5.74, 6) is -0.0713. The van der Waals surface area contributed by atoms with Crippen molar-refractivity contribution in [3.8, 4) is 0 Å². The fraction of sp³-hybridized carbons (Fsp3) is 0.471. The Bertz CT molecular complexity index is 837. The van der Waals surface area contributed by atoms with Gasteiger partial charge in [0, 0.05) is 45.3 Å². The number of rotatable bonds is 2. The third-order valence-corrected chi connectivity index (χ3v) is 5.34. The van der Waals surface area contributed by atoms with Crippen molar-refractivity contribution >= 4 is 17.5 Å². The topological polar surface area (TPSA) is 87.5 Å². The molecular formula is C17H21N7O2. The van der Waals surface area contributed by atoms with Gasteiger partial charge in [-0.25, -0.2) is 4.98 Å². The maximum Gasteiger partial charge on any atom is 0.274 e. The normalized spacial score (nSPS) is 23.8. The first-order chi connectivity index (χ1) is 12.5. The number of piperazine rings is 1. The van der Waals surface area contributed by atoms with Crippen molar-refractivity contribution in [3.05, 3.63) is 36.7 Å². The van der Waals surface area contributed by atoms with Crippen LogP contribution in [0.4, 0.5) is 5.69 Å². The molecule has 1 atom stereocenters. The highest BCUT2D eigenvalue weighted by Gasteiger charge is 2.49. The zero-order chi connectivity index (χ0) is 18.3. The third kappa shape index (κ3) is 2.74. The van der Waals surface area contributed by atoms with Gasteiger partial charge in [0.05, 0.1) is 30.2 Å². The van der Waals surface area contributed by atoms with Gasteiger partial charge in [-0.05, 0) is 13.5 Å². The molecule has 0 aromatic carbocycles. The predicted molar refractivity (Wildman–Crippen MR) is 93.5 cm³/mol. The highest BCUT2D eigenvalue weighted by Crippen LogP contribution is 2.33. The smallest absolute Gasteiger partial charge is 0.274 e. The van der Waals surface area contributed by atoms with Gasteiger partial charge >= 0.3 is 0 Å². The monoisotopic (exact) mass is 355 g/mol. The van der Waals surface area contributed by atoms with E-state index in [0.29, 0.717) is 31.9 Å². The second kappa shape index (κ2) is 6.17. The average Bonchev–Trinajstić information content (AvgIpc) is 3.26. The fourth-order valence-electron chi connectivity index (χ4n) is 3.78. The maximum atomic E-state index is 12.7. The molecule has 9 heteroatoms. The summed E-state index contributed by atoms with van der Waals surface area (Å²) in [6, 6.07) is 0. The molecule has 2 amide bonds. The SMILES string of the molecule is CN1CC(=O)N(c2cnn(C)c2)CC12CCN(C(=O)c1cnccn1)C2. The predicted octanol–water partition coefficient (Wildman–Crippen LogP) is -0.227. The second-order valence-corrected chi connectivity index (χ2v) is 7.00. The lowest BCUT2D eigenvalue weighted by Gasteiger charge is -2.46. The first-order valence-corrected chi connectivity index (χ1v) is 8.54. The molecule has 2 aliphatic heterocycles. The van der Waals surface area contributed by atoms with Crippen LogP contribution in [0.25, 0.3) is 0 Å². The highest BCUT2D eigenvalue weighted by molar-refractivity contribution is 5.96. The minimum Gasteiger partial charge on any atom is -0.335 e. The van der Waals surface area contributed by atoms with E-state index in [1.165, 1.54) is 12.4 Å². The molecule has 0 aliphatic carbocycles. The van der Waals surface area contributed by atoms with E-state index in [1.54, 1.807) is 26.9 Å². The Kier molecular flexibility index (Phi) is 3.95. The lowest BCUT2D eigenvalue weighted by molar-refractivity contribution is -0.123. The van der Waals surface area contributed by atoms with Crippen LogP contribution in [0, 0.1) is 0 Å². The van der Waals surface area contributed by atoms with Gasteiger partial charge in [0.15, 0.2) is 0 Å². The highest BCUT2D eigenvalue weighted by atomic mass is 16.2. The molecule has 4 rings (SSSR count). The van der Waals surface area contributed by atoms with E-state index in [4.69, 9.17) is 0 Å². The molecule has 2 aliphatic rings. The first-order valence-electron chi connectivity index (χ1n) is 8.54. The van der Waals surface area contributed by atoms with Crippen LogP contribution in [0.2, 0.25) is 0 Å². The Balaban J connectivity index is 1.56. The molecule has 4 heterocycles. The molecule has 0 N–H and O–H groups in total. The lowest BCUT2D eigenvalue weighted by atomic mass is 9.93. The summed E-state index contributed by atoms with van der Waals surface area (Å²) in [7, 11) is 3.78. The summed E-state index contributed by atoms with van der Waals surface area (Å²) in [5, 5.41) is 4.17. The van der Waals surface area contributed by atoms with E-state index >= 15 is 0 Å². The van der Waals surface area contributed by atoms with E-state index in [1.807, 2.05) is 20.3 Å². The summed E-state index contributed by atoms with van der Waals surface area (Å²) >= 11 is 0. The second-order valence-electron chi connectivity index (χ2n) is 7.00. The largest absolute Gasteiger partial charge is 0.335 e. The Morgan fingerprint density at radius 2 is 2.04 bits per heavy atom. The van der Waals surface area contributed by atoms with Crippen LogP contribution in [-0.2, 0) is 11.8 Å². The molecule has 136 valence electrons. The van der Waals surface area contributed by atoms with Crippen LogP contribution < -0.4 is 4.90 Å². The standard InChI is InChI=1S/C17H21N7O2/c1-21-10-15(25)24(13-7-20-22(2)9-13)12-17(21)3-6-23(11-17)16(26)14-8-18-4-5-19-14/h4-5,7-9H,3,6,10-12H2,1-2H3. The summed E-state index contributed by atoms with van der Waals surface area (Å²) in [4.78, 5) is 39.0. The number of anilines is 1. The Hall–Kier alpha value is -2.81. The number of amides is 2. The number of aryl methyl sites for hydroxylation is 1. The lowest BCUT2D eigenvalue weighted by Crippen LogP contribution is -2.64. The molecule has 0 bridgehead atoms. The van der Waals surface area contributed by atoms with Gasteiger partial charge in [-0.3, -0.25) is 24.2 Å². The average molecular weight is 355 g/mol. The Labute approximate surface area is 151 Å². The molecule has 2 aromatic rings. The number of nitrogens with zero attached hydrogens (tertiary/aromatic N) is 7. The molecule has 2 saturated heterocycles. The van der Waals surface area contributed by atoms with Crippen molar-refractivity contribution in [1.29, 1.82) is 0 Å². The summed E-state index contributed by atoms with van der Waals surface area (Å²) in [5.41, 5.74) is 0.883. The zero-order valence-electron chi connectivity index (χ0n) is 14.9. The molecular weight excluding hydrogens is 334 g/mol. The number of carbonyl (C=O) groups is 2. The molecule has 26 heavy (non-hydrogen) atoms. The molecule has 1 unspecified atom stereocenters. The zero-order valence-corrected chi connectivity index (χ0v) is 14.9. The van der Waals surface area contributed by atoms with Crippen LogP contribution in [-0.4, -0.2) is 80.1 Å². The van der Waals surface area contributed by atoms with E-state index < -0.39 is 0 Å². The van der Waals surface area contributed by atoms with Crippen LogP contribution >= 0.6 is 0 Å². The number of hydrogen-bond acceptors (Lipinski definition) is 6. The van der Waals surface area contributed by atoms with Gasteiger partial charge in [-0.1, -0.05) is 0 Å². The molecule has 2 fully saturated rings. The van der Waals surface area contributed by atoms with Crippen molar-refractivity contribution in [2.45, 2.75) is 12.0 Å². The van der Waals surface area contributed by atoms with E-state index in [-0.39, 0.29) is 17.4 Å². The first kappa shape index (κ1) is 16.6. The minimum atomic E-state index is -0.262. The molecule has 9 nitrogen and oxygen atoms in total.